The minimum atomic E-state index is -1.43. The molecular formula is C11H18ClNSi. The fourth-order valence-corrected chi connectivity index (χ4v) is 3.43. The second-order valence-corrected chi connectivity index (χ2v) is 6.82. The first-order valence-electron chi connectivity index (χ1n) is 5.10. The molecule has 1 aromatic rings. The summed E-state index contributed by atoms with van der Waals surface area (Å²) in [7, 11) is 0.515. The van der Waals surface area contributed by atoms with Gasteiger partial charge in [0, 0.05) is 0 Å². The van der Waals surface area contributed by atoms with Gasteiger partial charge in [0.15, 0.2) is 0 Å². The van der Waals surface area contributed by atoms with E-state index in [1.165, 1.54) is 17.2 Å². The van der Waals surface area contributed by atoms with Crippen LogP contribution in [0.3, 0.4) is 0 Å². The summed E-state index contributed by atoms with van der Waals surface area (Å²) in [6, 6.07) is 8.52. The van der Waals surface area contributed by atoms with E-state index in [2.05, 4.69) is 43.1 Å². The smallest absolute Gasteiger partial charge is 0.242 e. The van der Waals surface area contributed by atoms with Crippen molar-refractivity contribution >= 4 is 24.5 Å². The predicted octanol–water partition coefficient (Wildman–Crippen LogP) is 2.09. The van der Waals surface area contributed by atoms with Gasteiger partial charge in [-0.1, -0.05) is 38.1 Å². The van der Waals surface area contributed by atoms with Crippen LogP contribution in [0.5, 0.6) is 0 Å². The minimum absolute atomic E-state index is 0.605. The van der Waals surface area contributed by atoms with Gasteiger partial charge in [-0.25, -0.2) is 0 Å². The zero-order chi connectivity index (χ0) is 10.6. The Kier molecular flexibility index (Phi) is 4.65. The maximum Gasteiger partial charge on any atom is 0.242 e. The summed E-state index contributed by atoms with van der Waals surface area (Å²) in [5, 5.41) is 1.34. The van der Waals surface area contributed by atoms with Gasteiger partial charge in [-0.3, -0.25) is 0 Å². The van der Waals surface area contributed by atoms with Crippen molar-refractivity contribution in [1.82, 2.24) is 4.98 Å². The number of halogens is 1. The maximum atomic E-state index is 6.32. The van der Waals surface area contributed by atoms with Gasteiger partial charge < -0.3 is 4.98 Å². The standard InChI is InChI=1S/C11H18ClNSi/c1-4-9(2)10-7-5-6-8-11(10)14(12)13-3/h5-9,13-14H,4H2,1-3H3. The Morgan fingerprint density at radius 1 is 1.43 bits per heavy atom. The zero-order valence-electron chi connectivity index (χ0n) is 9.05. The molecule has 0 aliphatic carbocycles. The van der Waals surface area contributed by atoms with E-state index in [9.17, 15) is 0 Å². The lowest BCUT2D eigenvalue weighted by Crippen LogP contribution is -2.40. The molecule has 14 heavy (non-hydrogen) atoms. The molecule has 78 valence electrons. The summed E-state index contributed by atoms with van der Waals surface area (Å²) >= 11 is 6.32. The molecule has 2 atom stereocenters. The Morgan fingerprint density at radius 2 is 2.07 bits per heavy atom. The van der Waals surface area contributed by atoms with E-state index in [0.29, 0.717) is 5.92 Å². The van der Waals surface area contributed by atoms with E-state index in [0.717, 1.165) is 0 Å². The van der Waals surface area contributed by atoms with E-state index >= 15 is 0 Å². The third kappa shape index (κ3) is 2.59. The molecule has 0 saturated heterocycles. The van der Waals surface area contributed by atoms with Gasteiger partial charge in [0.25, 0.3) is 0 Å². The Morgan fingerprint density at radius 3 is 2.64 bits per heavy atom. The number of hydrogen-bond donors (Lipinski definition) is 1. The third-order valence-corrected chi connectivity index (χ3v) is 5.60. The fraction of sp³-hybridized carbons (Fsp3) is 0.455. The quantitative estimate of drug-likeness (QED) is 0.614. The number of rotatable bonds is 4. The first-order valence-corrected chi connectivity index (χ1v) is 8.00. The summed E-state index contributed by atoms with van der Waals surface area (Å²) in [4.78, 5) is 3.20. The molecule has 0 fully saturated rings. The Bertz CT molecular complexity index is 261. The molecule has 1 aromatic carbocycles. The van der Waals surface area contributed by atoms with Crippen molar-refractivity contribution in [3.05, 3.63) is 29.8 Å². The summed E-state index contributed by atoms with van der Waals surface area (Å²) in [6.07, 6.45) is 1.17. The van der Waals surface area contributed by atoms with Crippen LogP contribution in [0.15, 0.2) is 24.3 Å². The van der Waals surface area contributed by atoms with Crippen molar-refractivity contribution < 1.29 is 0 Å². The predicted molar refractivity (Wildman–Crippen MR) is 66.8 cm³/mol. The van der Waals surface area contributed by atoms with Crippen molar-refractivity contribution in [2.75, 3.05) is 7.05 Å². The highest BCUT2D eigenvalue weighted by Crippen LogP contribution is 2.16. The molecule has 0 aromatic heterocycles. The Hall–Kier alpha value is -0.313. The highest BCUT2D eigenvalue weighted by atomic mass is 35.6. The average molecular weight is 228 g/mol. The molecule has 0 heterocycles. The number of nitrogens with one attached hydrogen (secondary N) is 1. The summed E-state index contributed by atoms with van der Waals surface area (Å²) < 4.78 is 0. The summed E-state index contributed by atoms with van der Waals surface area (Å²) in [5.74, 6) is 0.605. The van der Waals surface area contributed by atoms with Gasteiger partial charge in [-0.2, -0.15) is 0 Å². The number of hydrogen-bond acceptors (Lipinski definition) is 1. The van der Waals surface area contributed by atoms with Crippen molar-refractivity contribution in [3.8, 4) is 0 Å². The lowest BCUT2D eigenvalue weighted by atomic mass is 9.99. The van der Waals surface area contributed by atoms with E-state index in [4.69, 9.17) is 11.1 Å². The second kappa shape index (κ2) is 5.54. The van der Waals surface area contributed by atoms with Crippen LogP contribution >= 0.6 is 11.1 Å². The van der Waals surface area contributed by atoms with E-state index < -0.39 is 8.27 Å². The van der Waals surface area contributed by atoms with Crippen LogP contribution in [0.4, 0.5) is 0 Å². The Labute approximate surface area is 92.9 Å². The SMILES string of the molecule is CCC(C)c1ccccc1[SiH](Cl)NC. The topological polar surface area (TPSA) is 12.0 Å². The lowest BCUT2D eigenvalue weighted by Gasteiger charge is -2.17. The normalized spacial score (nSPS) is 15.1. The summed E-state index contributed by atoms with van der Waals surface area (Å²) in [6.45, 7) is 4.47. The largest absolute Gasteiger partial charge is 0.327 e. The molecule has 0 radical (unpaired) electrons. The minimum Gasteiger partial charge on any atom is -0.327 e. The highest BCUT2D eigenvalue weighted by Gasteiger charge is 2.15. The third-order valence-electron chi connectivity index (χ3n) is 2.67. The molecule has 0 amide bonds. The first kappa shape index (κ1) is 11.8. The molecule has 1 N–H and O–H groups in total. The Balaban J connectivity index is 3.02. The lowest BCUT2D eigenvalue weighted by molar-refractivity contribution is 0.737. The molecule has 0 spiro atoms. The average Bonchev–Trinajstić information content (AvgIpc) is 2.27. The van der Waals surface area contributed by atoms with Gasteiger partial charge in [0.05, 0.1) is 0 Å². The number of benzene rings is 1. The van der Waals surface area contributed by atoms with E-state index in [1.807, 2.05) is 7.05 Å². The van der Waals surface area contributed by atoms with Crippen LogP contribution in [-0.2, 0) is 0 Å². The van der Waals surface area contributed by atoms with Gasteiger partial charge in [0.2, 0.25) is 8.27 Å². The van der Waals surface area contributed by atoms with Crippen LogP contribution in [0, 0.1) is 0 Å². The maximum absolute atomic E-state index is 6.32. The fourth-order valence-electron chi connectivity index (χ4n) is 1.57. The van der Waals surface area contributed by atoms with Gasteiger partial charge in [-0.05, 0) is 30.1 Å². The van der Waals surface area contributed by atoms with Gasteiger partial charge >= 0.3 is 0 Å². The highest BCUT2D eigenvalue weighted by molar-refractivity contribution is 7.13. The van der Waals surface area contributed by atoms with Crippen LogP contribution in [0.2, 0.25) is 0 Å². The van der Waals surface area contributed by atoms with Crippen molar-refractivity contribution in [3.63, 3.8) is 0 Å². The molecular weight excluding hydrogens is 210 g/mol. The van der Waals surface area contributed by atoms with Crippen LogP contribution in [-0.4, -0.2) is 15.3 Å². The van der Waals surface area contributed by atoms with Crippen LogP contribution in [0.25, 0.3) is 0 Å². The molecule has 0 aliphatic heterocycles. The molecule has 3 heteroatoms. The van der Waals surface area contributed by atoms with Crippen LogP contribution in [0.1, 0.15) is 31.7 Å². The van der Waals surface area contributed by atoms with Crippen molar-refractivity contribution in [2.24, 2.45) is 0 Å². The molecule has 1 nitrogen and oxygen atoms in total. The first-order chi connectivity index (χ1) is 6.70. The molecule has 1 rings (SSSR count). The monoisotopic (exact) mass is 227 g/mol. The van der Waals surface area contributed by atoms with Gasteiger partial charge in [-0.15, -0.1) is 11.1 Å². The van der Waals surface area contributed by atoms with Crippen LogP contribution < -0.4 is 10.2 Å². The van der Waals surface area contributed by atoms with Crippen molar-refractivity contribution in [1.29, 1.82) is 0 Å². The van der Waals surface area contributed by atoms with E-state index in [1.54, 1.807) is 0 Å². The molecule has 0 bridgehead atoms. The second-order valence-electron chi connectivity index (χ2n) is 3.59. The molecule has 0 aliphatic rings. The van der Waals surface area contributed by atoms with Crippen molar-refractivity contribution in [2.45, 2.75) is 26.2 Å². The van der Waals surface area contributed by atoms with E-state index in [-0.39, 0.29) is 0 Å². The summed E-state index contributed by atoms with van der Waals surface area (Å²) in [5.41, 5.74) is 1.41. The zero-order valence-corrected chi connectivity index (χ0v) is 11.0. The molecule has 0 saturated carbocycles. The van der Waals surface area contributed by atoms with Gasteiger partial charge in [0.1, 0.15) is 0 Å². The molecule has 2 unspecified atom stereocenters.